The van der Waals surface area contributed by atoms with Crippen molar-refractivity contribution < 1.29 is 4.79 Å². The molecule has 1 saturated heterocycles. The van der Waals surface area contributed by atoms with Crippen LogP contribution in [0.2, 0.25) is 0 Å². The Morgan fingerprint density at radius 2 is 1.96 bits per heavy atom. The van der Waals surface area contributed by atoms with Gasteiger partial charge in [-0.3, -0.25) is 4.79 Å². The van der Waals surface area contributed by atoms with Crippen LogP contribution < -0.4 is 10.2 Å². The molecule has 2 aromatic heterocycles. The Morgan fingerprint density at radius 1 is 1.21 bits per heavy atom. The second-order valence-corrected chi connectivity index (χ2v) is 6.90. The summed E-state index contributed by atoms with van der Waals surface area (Å²) in [5.41, 5.74) is 2.09. The third-order valence-electron chi connectivity index (χ3n) is 3.99. The lowest BCUT2D eigenvalue weighted by Gasteiger charge is -2.34. The fourth-order valence-corrected chi connectivity index (χ4v) is 3.64. The van der Waals surface area contributed by atoms with E-state index in [-0.39, 0.29) is 5.91 Å². The van der Waals surface area contributed by atoms with Crippen LogP contribution in [0.1, 0.15) is 27.9 Å². The number of amides is 1. The van der Waals surface area contributed by atoms with Crippen molar-refractivity contribution in [2.75, 3.05) is 42.9 Å². The number of nitrogens with zero attached hydrogens (tertiary/aromatic N) is 4. The molecule has 0 saturated carbocycles. The van der Waals surface area contributed by atoms with E-state index in [2.05, 4.69) is 20.2 Å². The molecule has 128 valence electrons. The predicted octanol–water partition coefficient (Wildman–Crippen LogP) is 2.55. The van der Waals surface area contributed by atoms with Crippen LogP contribution in [0.25, 0.3) is 0 Å². The van der Waals surface area contributed by atoms with Crippen LogP contribution in [-0.4, -0.2) is 53.5 Å². The van der Waals surface area contributed by atoms with Gasteiger partial charge in [-0.1, -0.05) is 0 Å². The molecule has 1 aliphatic rings. The first-order chi connectivity index (χ1) is 11.6. The van der Waals surface area contributed by atoms with E-state index in [1.807, 2.05) is 43.2 Å². The van der Waals surface area contributed by atoms with E-state index < -0.39 is 0 Å². The van der Waals surface area contributed by atoms with E-state index >= 15 is 0 Å². The van der Waals surface area contributed by atoms with Crippen molar-refractivity contribution in [2.45, 2.75) is 20.8 Å². The Balaban J connectivity index is 1.65. The van der Waals surface area contributed by atoms with Crippen LogP contribution in [0.3, 0.4) is 0 Å². The number of rotatable bonds is 4. The van der Waals surface area contributed by atoms with E-state index in [0.29, 0.717) is 13.1 Å². The lowest BCUT2D eigenvalue weighted by atomic mass is 10.2. The normalized spacial score (nSPS) is 14.8. The van der Waals surface area contributed by atoms with E-state index in [0.717, 1.165) is 47.5 Å². The zero-order valence-electron chi connectivity index (χ0n) is 14.4. The fraction of sp³-hybridized carbons (Fsp3) is 0.471. The van der Waals surface area contributed by atoms with E-state index in [1.54, 1.807) is 0 Å². The SMILES string of the molecule is CCNc1cc(C)nc(N2CCN(C(=O)c3cc(C)cs3)CC2)n1. The van der Waals surface area contributed by atoms with Gasteiger partial charge in [0.05, 0.1) is 4.88 Å². The molecule has 3 rings (SSSR count). The summed E-state index contributed by atoms with van der Waals surface area (Å²) in [7, 11) is 0. The molecular weight excluding hydrogens is 322 g/mol. The van der Waals surface area contributed by atoms with Crippen molar-refractivity contribution in [3.63, 3.8) is 0 Å². The van der Waals surface area contributed by atoms with Crippen molar-refractivity contribution in [3.8, 4) is 0 Å². The van der Waals surface area contributed by atoms with Gasteiger partial charge in [-0.2, -0.15) is 4.98 Å². The minimum absolute atomic E-state index is 0.131. The molecule has 6 nitrogen and oxygen atoms in total. The number of thiophene rings is 1. The maximum Gasteiger partial charge on any atom is 0.264 e. The van der Waals surface area contributed by atoms with Crippen LogP contribution in [0.4, 0.5) is 11.8 Å². The number of hydrogen-bond acceptors (Lipinski definition) is 6. The highest BCUT2D eigenvalue weighted by molar-refractivity contribution is 7.12. The van der Waals surface area contributed by atoms with Crippen molar-refractivity contribution in [1.82, 2.24) is 14.9 Å². The summed E-state index contributed by atoms with van der Waals surface area (Å²) in [5, 5.41) is 5.26. The molecule has 0 aromatic carbocycles. The van der Waals surface area contributed by atoms with E-state index in [4.69, 9.17) is 0 Å². The van der Waals surface area contributed by atoms with Crippen LogP contribution >= 0.6 is 11.3 Å². The van der Waals surface area contributed by atoms with Gasteiger partial charge in [-0.15, -0.1) is 11.3 Å². The Kier molecular flexibility index (Phi) is 4.99. The number of piperazine rings is 1. The van der Waals surface area contributed by atoms with Crippen LogP contribution in [0.5, 0.6) is 0 Å². The number of aromatic nitrogens is 2. The average Bonchev–Trinajstić information content (AvgIpc) is 3.00. The van der Waals surface area contributed by atoms with Crippen LogP contribution in [0.15, 0.2) is 17.5 Å². The highest BCUT2D eigenvalue weighted by atomic mass is 32.1. The topological polar surface area (TPSA) is 61.4 Å². The second kappa shape index (κ2) is 7.17. The van der Waals surface area contributed by atoms with Gasteiger partial charge in [-0.05, 0) is 37.8 Å². The summed E-state index contributed by atoms with van der Waals surface area (Å²) in [6.45, 7) is 9.78. The largest absolute Gasteiger partial charge is 0.370 e. The lowest BCUT2D eigenvalue weighted by molar-refractivity contribution is 0.0751. The quantitative estimate of drug-likeness (QED) is 0.923. The Morgan fingerprint density at radius 3 is 2.58 bits per heavy atom. The van der Waals surface area contributed by atoms with Crippen molar-refractivity contribution in [1.29, 1.82) is 0 Å². The number of anilines is 2. The van der Waals surface area contributed by atoms with Crippen LogP contribution in [-0.2, 0) is 0 Å². The van der Waals surface area contributed by atoms with Crippen molar-refractivity contribution in [3.05, 3.63) is 33.6 Å². The zero-order valence-corrected chi connectivity index (χ0v) is 15.2. The number of hydrogen-bond donors (Lipinski definition) is 1. The molecule has 1 fully saturated rings. The Labute approximate surface area is 146 Å². The third-order valence-corrected chi connectivity index (χ3v) is 5.03. The molecule has 0 atom stereocenters. The Bertz CT molecular complexity index is 722. The smallest absolute Gasteiger partial charge is 0.264 e. The minimum Gasteiger partial charge on any atom is -0.370 e. The second-order valence-electron chi connectivity index (χ2n) is 5.99. The summed E-state index contributed by atoms with van der Waals surface area (Å²) >= 11 is 1.52. The van der Waals surface area contributed by atoms with Crippen molar-refractivity contribution >= 4 is 29.0 Å². The predicted molar refractivity (Wildman–Crippen MR) is 98.1 cm³/mol. The zero-order chi connectivity index (χ0) is 17.1. The molecule has 1 amide bonds. The molecule has 7 heteroatoms. The summed E-state index contributed by atoms with van der Waals surface area (Å²) in [6, 6.07) is 3.91. The molecule has 3 heterocycles. The summed E-state index contributed by atoms with van der Waals surface area (Å²) in [6.07, 6.45) is 0. The molecule has 0 unspecified atom stereocenters. The number of nitrogens with one attached hydrogen (secondary N) is 1. The van der Waals surface area contributed by atoms with Crippen LogP contribution in [0, 0.1) is 13.8 Å². The molecular formula is C17H23N5OS. The molecule has 0 radical (unpaired) electrons. The standard InChI is InChI=1S/C17H23N5OS/c1-4-18-15-10-13(3)19-17(20-15)22-7-5-21(6-8-22)16(23)14-9-12(2)11-24-14/h9-11H,4-8H2,1-3H3,(H,18,19,20). The molecule has 0 aliphatic carbocycles. The van der Waals surface area contributed by atoms with Gasteiger partial charge in [0, 0.05) is 44.5 Å². The van der Waals surface area contributed by atoms with Gasteiger partial charge >= 0.3 is 0 Å². The van der Waals surface area contributed by atoms with Gasteiger partial charge in [0.25, 0.3) is 5.91 Å². The summed E-state index contributed by atoms with van der Waals surface area (Å²) in [4.78, 5) is 26.5. The fourth-order valence-electron chi connectivity index (χ4n) is 2.77. The molecule has 2 aromatic rings. The molecule has 0 bridgehead atoms. The first kappa shape index (κ1) is 16.7. The molecule has 1 aliphatic heterocycles. The van der Waals surface area contributed by atoms with E-state index in [9.17, 15) is 4.79 Å². The minimum atomic E-state index is 0.131. The highest BCUT2D eigenvalue weighted by Gasteiger charge is 2.24. The average molecular weight is 345 g/mol. The highest BCUT2D eigenvalue weighted by Crippen LogP contribution is 2.19. The van der Waals surface area contributed by atoms with Crippen molar-refractivity contribution in [2.24, 2.45) is 0 Å². The maximum absolute atomic E-state index is 12.5. The molecule has 1 N–H and O–H groups in total. The maximum atomic E-state index is 12.5. The summed E-state index contributed by atoms with van der Waals surface area (Å²) in [5.74, 6) is 1.73. The number of carbonyl (C=O) groups excluding carboxylic acids is 1. The third kappa shape index (κ3) is 3.67. The van der Waals surface area contributed by atoms with Gasteiger partial charge < -0.3 is 15.1 Å². The van der Waals surface area contributed by atoms with Gasteiger partial charge in [0.1, 0.15) is 5.82 Å². The summed E-state index contributed by atoms with van der Waals surface area (Å²) < 4.78 is 0. The number of aryl methyl sites for hydroxylation is 2. The lowest BCUT2D eigenvalue weighted by Crippen LogP contribution is -2.49. The Hall–Kier alpha value is -2.15. The molecule has 24 heavy (non-hydrogen) atoms. The number of carbonyl (C=O) groups is 1. The first-order valence-electron chi connectivity index (χ1n) is 8.25. The van der Waals surface area contributed by atoms with Gasteiger partial charge in [-0.25, -0.2) is 4.98 Å². The molecule has 0 spiro atoms. The van der Waals surface area contributed by atoms with Gasteiger partial charge in [0.2, 0.25) is 5.95 Å². The first-order valence-corrected chi connectivity index (χ1v) is 9.13. The monoisotopic (exact) mass is 345 g/mol. The van der Waals surface area contributed by atoms with Gasteiger partial charge in [0.15, 0.2) is 0 Å². The van der Waals surface area contributed by atoms with E-state index in [1.165, 1.54) is 11.3 Å².